The predicted molar refractivity (Wildman–Crippen MR) is 317 cm³/mol. The molecular formula is C62H63Cl2F8N15O. The average molecular weight is 1260 g/mol. The topological polar surface area (TPSA) is 139 Å². The Kier molecular flexibility index (Phi) is 15.9. The Labute approximate surface area is 511 Å². The number of fused-ring (bicyclic) bond motifs is 5. The number of nitrogens with zero attached hydrogens (tertiary/aromatic N) is 15. The fraction of sp³-hybridized carbons (Fsp3) is 0.452. The van der Waals surface area contributed by atoms with Crippen LogP contribution in [-0.2, 0) is 41.4 Å². The van der Waals surface area contributed by atoms with Gasteiger partial charge in [0.25, 0.3) is 0 Å². The second-order valence-corrected chi connectivity index (χ2v) is 25.0. The summed E-state index contributed by atoms with van der Waals surface area (Å²) in [5.74, 6) is 2.35. The van der Waals surface area contributed by atoms with Gasteiger partial charge in [-0.05, 0) is 130 Å². The molecule has 0 unspecified atom stereocenters. The van der Waals surface area contributed by atoms with E-state index in [1.807, 2.05) is 33.7 Å². The average Bonchev–Trinajstić information content (AvgIpc) is 2.29. The maximum atomic E-state index is 14.1. The van der Waals surface area contributed by atoms with Crippen LogP contribution in [0.4, 0.5) is 58.1 Å². The van der Waals surface area contributed by atoms with E-state index in [9.17, 15) is 35.1 Å². The van der Waals surface area contributed by atoms with E-state index in [-0.39, 0.29) is 39.9 Å². The highest BCUT2D eigenvalue weighted by Crippen LogP contribution is 2.53. The van der Waals surface area contributed by atoms with Gasteiger partial charge in [0.2, 0.25) is 5.95 Å². The molecule has 16 nitrogen and oxygen atoms in total. The number of hydrogen-bond donors (Lipinski definition) is 0. The number of alkyl halides is 6. The Hall–Kier alpha value is -7.44. The summed E-state index contributed by atoms with van der Waals surface area (Å²) in [4.78, 5) is 16.5. The van der Waals surface area contributed by atoms with Crippen LogP contribution in [0.1, 0.15) is 111 Å². The second-order valence-electron chi connectivity index (χ2n) is 24.2. The van der Waals surface area contributed by atoms with E-state index in [2.05, 4.69) is 76.3 Å². The first-order valence-corrected chi connectivity index (χ1v) is 30.5. The first kappa shape index (κ1) is 59.5. The number of piperazine rings is 1. The monoisotopic (exact) mass is 1260 g/mol. The van der Waals surface area contributed by atoms with E-state index in [0.717, 1.165) is 87.2 Å². The molecule has 0 amide bonds. The molecule has 9 aromatic rings. The number of hydrogen-bond acceptors (Lipinski definition) is 13. The molecule has 1 spiro atoms. The minimum atomic E-state index is -4.51. The van der Waals surface area contributed by atoms with Crippen molar-refractivity contribution < 1.29 is 39.9 Å². The van der Waals surface area contributed by atoms with Gasteiger partial charge in [-0.25, -0.2) is 18.7 Å². The van der Waals surface area contributed by atoms with Gasteiger partial charge >= 0.3 is 12.4 Å². The smallest absolute Gasteiger partial charge is 0.370 e. The summed E-state index contributed by atoms with van der Waals surface area (Å²) in [5.41, 5.74) is 4.36. The Balaban J connectivity index is 0.000000122. The van der Waals surface area contributed by atoms with Gasteiger partial charge in [0.1, 0.15) is 51.1 Å². The van der Waals surface area contributed by atoms with Crippen LogP contribution < -0.4 is 19.6 Å². The Morgan fingerprint density at radius 1 is 0.545 bits per heavy atom. The van der Waals surface area contributed by atoms with Crippen molar-refractivity contribution in [3.05, 3.63) is 159 Å². The summed E-state index contributed by atoms with van der Waals surface area (Å²) in [6.45, 7) is 9.14. The number of halogens is 10. The molecule has 0 N–H and O–H groups in total. The van der Waals surface area contributed by atoms with E-state index in [1.54, 1.807) is 54.0 Å². The minimum Gasteiger partial charge on any atom is -0.370 e. The standard InChI is InChI=1S/C22H22ClF3N4O.C21H21ClF2N4.C19H20F3N7/c1-20(2)14-5-3-4-6-15(14)21(31-20)8-11-29(12-9-21)16-7-10-30-17(13-22(24,25)26)27-28-19(30)18(16)23;22-20-18(7-10-28-19(11-13-1-2-13)25-26-21(20)28)27-8-5-14(6-9-27)16-4-3-15(23)12-17(16)24;20-19(21,22)16-14(4-7-29-15(12-13-2-3-13)25-26-17(16)29)27-8-10-28(11-9-27)18-23-5-1-6-24-18/h3-7,10H,8-9,11-13H2,1-2H3;3-4,7,10,12-14H,1-2,5-6,8-9,11H2;1,4-7,13H,2-3,8-12H2. The maximum Gasteiger partial charge on any atom is 0.422 e. The van der Waals surface area contributed by atoms with Crippen LogP contribution in [0.5, 0.6) is 0 Å². The SMILES string of the molecule is CC1(C)OC2(CCN(c3ccn4c(CC(F)(F)F)nnc4c3Cl)CC2)c2ccccc21.FC(F)(F)c1c(N2CCN(c3ncccn3)CC2)ccn2c(CC3CC3)nnc12.Fc1ccc(C2CCN(c3ccn4c(CC5CC5)nnc4c3Cl)CC2)c(F)c1. The number of rotatable bonds is 10. The van der Waals surface area contributed by atoms with Crippen LogP contribution in [0.2, 0.25) is 10.0 Å². The van der Waals surface area contributed by atoms with Crippen molar-refractivity contribution in [2.45, 2.75) is 114 Å². The molecule has 4 aliphatic heterocycles. The third-order valence-corrected chi connectivity index (χ3v) is 18.6. The largest absolute Gasteiger partial charge is 0.422 e. The molecule has 462 valence electrons. The normalized spacial score (nSPS) is 18.7. The molecule has 3 saturated heterocycles. The molecule has 0 atom stereocenters. The van der Waals surface area contributed by atoms with Crippen molar-refractivity contribution in [1.82, 2.24) is 53.8 Å². The number of pyridine rings is 3. The van der Waals surface area contributed by atoms with Crippen molar-refractivity contribution in [1.29, 1.82) is 0 Å². The highest BCUT2D eigenvalue weighted by molar-refractivity contribution is 6.36. The summed E-state index contributed by atoms with van der Waals surface area (Å²) in [6, 6.07) is 19.3. The molecular weight excluding hydrogens is 1190 g/mol. The van der Waals surface area contributed by atoms with Crippen molar-refractivity contribution in [3.63, 3.8) is 0 Å². The van der Waals surface area contributed by atoms with Crippen molar-refractivity contribution in [3.8, 4) is 0 Å². The van der Waals surface area contributed by atoms with E-state index in [0.29, 0.717) is 84.6 Å². The molecule has 2 aromatic carbocycles. The molecule has 26 heteroatoms. The van der Waals surface area contributed by atoms with Gasteiger partial charge in [-0.1, -0.05) is 53.5 Å². The third-order valence-electron chi connectivity index (χ3n) is 17.9. The van der Waals surface area contributed by atoms with Crippen LogP contribution in [0.15, 0.2) is 97.7 Å². The number of ether oxygens (including phenoxy) is 1. The predicted octanol–water partition coefficient (Wildman–Crippen LogP) is 13.1. The lowest BCUT2D eigenvalue weighted by molar-refractivity contribution is -0.137. The van der Waals surface area contributed by atoms with Crippen LogP contribution in [0, 0.1) is 23.5 Å². The highest BCUT2D eigenvalue weighted by atomic mass is 35.5. The quantitative estimate of drug-likeness (QED) is 0.120. The summed E-state index contributed by atoms with van der Waals surface area (Å²) in [6.07, 6.45) is 8.08. The Bertz CT molecular complexity index is 3990. The van der Waals surface area contributed by atoms with Crippen molar-refractivity contribution >= 4 is 63.2 Å². The Morgan fingerprint density at radius 2 is 1.05 bits per heavy atom. The Morgan fingerprint density at radius 3 is 1.60 bits per heavy atom. The molecule has 2 saturated carbocycles. The van der Waals surface area contributed by atoms with Crippen molar-refractivity contribution in [2.24, 2.45) is 11.8 Å². The highest BCUT2D eigenvalue weighted by Gasteiger charge is 2.50. The van der Waals surface area contributed by atoms with E-state index in [4.69, 9.17) is 27.9 Å². The second kappa shape index (κ2) is 23.5. The molecule has 88 heavy (non-hydrogen) atoms. The zero-order valence-corrected chi connectivity index (χ0v) is 49.8. The molecule has 15 rings (SSSR count). The van der Waals surface area contributed by atoms with Crippen molar-refractivity contribution in [2.75, 3.05) is 72.0 Å². The number of benzene rings is 2. The number of piperidine rings is 2. The summed E-state index contributed by atoms with van der Waals surface area (Å²) >= 11 is 13.2. The third kappa shape index (κ3) is 12.1. The first-order chi connectivity index (χ1) is 42.2. The summed E-state index contributed by atoms with van der Waals surface area (Å²) < 4.78 is 119. The minimum absolute atomic E-state index is 0.0950. The van der Waals surface area contributed by atoms with Gasteiger partial charge in [-0.2, -0.15) is 26.3 Å². The lowest BCUT2D eigenvalue weighted by Gasteiger charge is -2.41. The van der Waals surface area contributed by atoms with Crippen LogP contribution >= 0.6 is 23.2 Å². The summed E-state index contributed by atoms with van der Waals surface area (Å²) in [7, 11) is 0. The molecule has 11 heterocycles. The van der Waals surface area contributed by atoms with Crippen LogP contribution in [0.25, 0.3) is 16.9 Å². The fourth-order valence-corrected chi connectivity index (χ4v) is 13.7. The molecule has 7 aromatic heterocycles. The maximum absolute atomic E-state index is 14.1. The lowest BCUT2D eigenvalue weighted by atomic mass is 9.82. The zero-order valence-electron chi connectivity index (χ0n) is 48.3. The summed E-state index contributed by atoms with van der Waals surface area (Å²) in [5, 5.41) is 25.1. The molecule has 0 radical (unpaired) electrons. The number of aromatic nitrogens is 11. The van der Waals surface area contributed by atoms with Gasteiger partial charge in [-0.15, -0.1) is 30.6 Å². The fourth-order valence-electron chi connectivity index (χ4n) is 13.0. The van der Waals surface area contributed by atoms with Gasteiger partial charge in [0.15, 0.2) is 16.9 Å². The van der Waals surface area contributed by atoms with E-state index < -0.39 is 36.0 Å². The van der Waals surface area contributed by atoms with Crippen LogP contribution in [0.3, 0.4) is 0 Å². The zero-order chi connectivity index (χ0) is 61.3. The van der Waals surface area contributed by atoms with Crippen LogP contribution in [-0.4, -0.2) is 112 Å². The molecule has 0 bridgehead atoms. The first-order valence-electron chi connectivity index (χ1n) is 29.8. The molecule has 5 fully saturated rings. The van der Waals surface area contributed by atoms with Gasteiger partial charge in [0, 0.05) is 102 Å². The molecule has 6 aliphatic rings. The van der Waals surface area contributed by atoms with E-state index >= 15 is 0 Å². The van der Waals surface area contributed by atoms with Gasteiger partial charge in [0.05, 0.1) is 28.3 Å². The van der Waals surface area contributed by atoms with Gasteiger partial charge in [-0.3, -0.25) is 13.2 Å². The van der Waals surface area contributed by atoms with Gasteiger partial charge < -0.3 is 24.3 Å². The number of anilines is 4. The molecule has 2 aliphatic carbocycles. The van der Waals surface area contributed by atoms with E-state index in [1.165, 1.54) is 38.8 Å². The lowest BCUT2D eigenvalue weighted by Crippen LogP contribution is -2.47.